The first-order valence-electron chi connectivity index (χ1n) is 5.05. The second-order valence-electron chi connectivity index (χ2n) is 3.54. The zero-order valence-electron chi connectivity index (χ0n) is 9.57. The van der Waals surface area contributed by atoms with E-state index in [-0.39, 0.29) is 5.75 Å². The zero-order valence-corrected chi connectivity index (χ0v) is 9.57. The monoisotopic (exact) mass is 233 g/mol. The highest BCUT2D eigenvalue weighted by Gasteiger charge is 2.15. The van der Waals surface area contributed by atoms with E-state index >= 15 is 0 Å². The lowest BCUT2D eigenvalue weighted by Gasteiger charge is -2.11. The Labute approximate surface area is 98.3 Å². The van der Waals surface area contributed by atoms with Crippen LogP contribution in [0.1, 0.15) is 5.69 Å². The maximum absolute atomic E-state index is 13.6. The van der Waals surface area contributed by atoms with Crippen LogP contribution in [0.5, 0.6) is 5.75 Å². The number of methoxy groups -OCH3 is 1. The molecule has 1 heterocycles. The van der Waals surface area contributed by atoms with Crippen LogP contribution >= 0.6 is 0 Å². The fourth-order valence-corrected chi connectivity index (χ4v) is 1.60. The van der Waals surface area contributed by atoms with Crippen LogP contribution in [-0.4, -0.2) is 17.1 Å². The molecule has 0 saturated heterocycles. The predicted octanol–water partition coefficient (Wildman–Crippen LogP) is 2.18. The Hall–Kier alpha value is -2.17. The van der Waals surface area contributed by atoms with Gasteiger partial charge in [0.15, 0.2) is 11.6 Å². The lowest BCUT2D eigenvalue weighted by Crippen LogP contribution is -2.01. The predicted molar refractivity (Wildman–Crippen MR) is 63.1 cm³/mol. The molecule has 0 aliphatic carbocycles. The average molecular weight is 233 g/mol. The number of nitrogen functional groups attached to an aromatic ring is 1. The molecule has 0 fully saturated rings. The van der Waals surface area contributed by atoms with E-state index in [0.717, 1.165) is 0 Å². The van der Waals surface area contributed by atoms with Gasteiger partial charge in [0.2, 0.25) is 0 Å². The average Bonchev–Trinajstić information content (AvgIpc) is 2.32. The van der Waals surface area contributed by atoms with E-state index < -0.39 is 5.82 Å². The molecule has 0 spiro atoms. The lowest BCUT2D eigenvalue weighted by molar-refractivity contribution is 0.388. The number of benzene rings is 1. The number of hydrogen-bond acceptors (Lipinski definition) is 4. The van der Waals surface area contributed by atoms with Gasteiger partial charge in [-0.25, -0.2) is 14.4 Å². The van der Waals surface area contributed by atoms with Crippen molar-refractivity contribution >= 4 is 5.69 Å². The Balaban J connectivity index is 2.68. The Morgan fingerprint density at radius 2 is 2.06 bits per heavy atom. The molecule has 5 heteroatoms. The summed E-state index contributed by atoms with van der Waals surface area (Å²) in [6.07, 6.45) is 1.39. The summed E-state index contributed by atoms with van der Waals surface area (Å²) in [4.78, 5) is 8.05. The van der Waals surface area contributed by atoms with E-state index in [1.54, 1.807) is 19.1 Å². The number of aromatic nitrogens is 2. The number of rotatable bonds is 2. The second-order valence-corrected chi connectivity index (χ2v) is 3.54. The third-order valence-electron chi connectivity index (χ3n) is 2.51. The molecule has 0 amide bonds. The van der Waals surface area contributed by atoms with Gasteiger partial charge in [-0.1, -0.05) is 6.07 Å². The quantitative estimate of drug-likeness (QED) is 0.863. The van der Waals surface area contributed by atoms with E-state index in [1.807, 2.05) is 0 Å². The smallest absolute Gasteiger partial charge is 0.165 e. The number of para-hydroxylation sites is 1. The van der Waals surface area contributed by atoms with E-state index in [1.165, 1.54) is 19.5 Å². The molecule has 2 N–H and O–H groups in total. The van der Waals surface area contributed by atoms with Crippen molar-refractivity contribution in [3.05, 3.63) is 36.0 Å². The fraction of sp³-hybridized carbons (Fsp3) is 0.167. The van der Waals surface area contributed by atoms with Gasteiger partial charge in [-0.2, -0.15) is 0 Å². The summed E-state index contributed by atoms with van der Waals surface area (Å²) in [5, 5.41) is 0. The van der Waals surface area contributed by atoms with Gasteiger partial charge in [0, 0.05) is 5.56 Å². The summed E-state index contributed by atoms with van der Waals surface area (Å²) in [6, 6.07) is 4.62. The van der Waals surface area contributed by atoms with Gasteiger partial charge in [0.1, 0.15) is 12.0 Å². The largest absolute Gasteiger partial charge is 0.493 e. The van der Waals surface area contributed by atoms with Gasteiger partial charge >= 0.3 is 0 Å². The van der Waals surface area contributed by atoms with Crippen molar-refractivity contribution in [2.24, 2.45) is 0 Å². The van der Waals surface area contributed by atoms with E-state index in [4.69, 9.17) is 10.5 Å². The molecule has 0 unspecified atom stereocenters. The Kier molecular flexibility index (Phi) is 2.91. The van der Waals surface area contributed by atoms with Gasteiger partial charge in [0.05, 0.1) is 18.5 Å². The normalized spacial score (nSPS) is 10.3. The first kappa shape index (κ1) is 11.3. The topological polar surface area (TPSA) is 61.0 Å². The minimum Gasteiger partial charge on any atom is -0.493 e. The van der Waals surface area contributed by atoms with Crippen molar-refractivity contribution in [3.8, 4) is 17.0 Å². The number of hydrogen-bond donors (Lipinski definition) is 1. The van der Waals surface area contributed by atoms with Crippen LogP contribution in [0, 0.1) is 12.7 Å². The summed E-state index contributed by atoms with van der Waals surface area (Å²) in [7, 11) is 1.41. The molecule has 17 heavy (non-hydrogen) atoms. The lowest BCUT2D eigenvalue weighted by atomic mass is 10.1. The van der Waals surface area contributed by atoms with Crippen LogP contribution in [0.2, 0.25) is 0 Å². The first-order valence-corrected chi connectivity index (χ1v) is 5.05. The van der Waals surface area contributed by atoms with Gasteiger partial charge < -0.3 is 10.5 Å². The van der Waals surface area contributed by atoms with Crippen molar-refractivity contribution in [1.82, 2.24) is 9.97 Å². The van der Waals surface area contributed by atoms with Crippen LogP contribution in [0.3, 0.4) is 0 Å². The van der Waals surface area contributed by atoms with Crippen molar-refractivity contribution < 1.29 is 9.13 Å². The van der Waals surface area contributed by atoms with E-state index in [2.05, 4.69) is 9.97 Å². The molecule has 1 aromatic carbocycles. The van der Waals surface area contributed by atoms with Gasteiger partial charge in [0.25, 0.3) is 0 Å². The van der Waals surface area contributed by atoms with Crippen molar-refractivity contribution in [3.63, 3.8) is 0 Å². The molecule has 2 aromatic rings. The van der Waals surface area contributed by atoms with Gasteiger partial charge in [-0.3, -0.25) is 0 Å². The second kappa shape index (κ2) is 4.37. The third-order valence-corrected chi connectivity index (χ3v) is 2.51. The zero-order chi connectivity index (χ0) is 12.4. The molecule has 0 bridgehead atoms. The van der Waals surface area contributed by atoms with E-state index in [9.17, 15) is 4.39 Å². The Morgan fingerprint density at radius 1 is 1.29 bits per heavy atom. The standard InChI is InChI=1S/C12H12FN3O/c1-7-10(14)11(16-6-15-7)8-4-3-5-9(13)12(8)17-2/h3-6H,14H2,1-2H3. The molecule has 0 aliphatic rings. The summed E-state index contributed by atoms with van der Waals surface area (Å²) in [5.74, 6) is -0.307. The maximum Gasteiger partial charge on any atom is 0.165 e. The summed E-state index contributed by atoms with van der Waals surface area (Å²) in [6.45, 7) is 1.77. The number of aryl methyl sites for hydroxylation is 1. The molecule has 0 saturated carbocycles. The number of halogens is 1. The van der Waals surface area contributed by atoms with Crippen molar-refractivity contribution in [1.29, 1.82) is 0 Å². The molecule has 0 atom stereocenters. The SMILES string of the molecule is COc1c(F)cccc1-c1ncnc(C)c1N. The molecule has 2 rings (SSSR count). The minimum atomic E-state index is -0.444. The molecule has 0 radical (unpaired) electrons. The summed E-state index contributed by atoms with van der Waals surface area (Å²) < 4.78 is 18.6. The summed E-state index contributed by atoms with van der Waals surface area (Å²) >= 11 is 0. The van der Waals surface area contributed by atoms with Crippen LogP contribution < -0.4 is 10.5 Å². The fourth-order valence-electron chi connectivity index (χ4n) is 1.60. The van der Waals surface area contributed by atoms with Crippen LogP contribution in [0.25, 0.3) is 11.3 Å². The highest BCUT2D eigenvalue weighted by Crippen LogP contribution is 2.34. The van der Waals surface area contributed by atoms with Gasteiger partial charge in [-0.15, -0.1) is 0 Å². The van der Waals surface area contributed by atoms with Gasteiger partial charge in [-0.05, 0) is 19.1 Å². The highest BCUT2D eigenvalue weighted by molar-refractivity contribution is 5.78. The molecule has 88 valence electrons. The first-order chi connectivity index (χ1) is 8.15. The molecular formula is C12H12FN3O. The number of nitrogens with zero attached hydrogens (tertiary/aromatic N) is 2. The number of ether oxygens (including phenoxy) is 1. The van der Waals surface area contributed by atoms with Crippen molar-refractivity contribution in [2.45, 2.75) is 6.92 Å². The third kappa shape index (κ3) is 1.91. The van der Waals surface area contributed by atoms with E-state index in [0.29, 0.717) is 22.6 Å². The van der Waals surface area contributed by atoms with Crippen LogP contribution in [0.15, 0.2) is 24.5 Å². The molecule has 4 nitrogen and oxygen atoms in total. The van der Waals surface area contributed by atoms with Crippen LogP contribution in [0.4, 0.5) is 10.1 Å². The number of nitrogens with two attached hydrogens (primary N) is 1. The maximum atomic E-state index is 13.6. The summed E-state index contributed by atoms with van der Waals surface area (Å²) in [5.41, 5.74) is 7.97. The highest BCUT2D eigenvalue weighted by atomic mass is 19.1. The van der Waals surface area contributed by atoms with Crippen molar-refractivity contribution in [2.75, 3.05) is 12.8 Å². The number of anilines is 1. The minimum absolute atomic E-state index is 0.136. The molecule has 0 aliphatic heterocycles. The molecular weight excluding hydrogens is 221 g/mol. The van der Waals surface area contributed by atoms with Crippen LogP contribution in [-0.2, 0) is 0 Å². The molecule has 1 aromatic heterocycles. The Bertz CT molecular complexity index is 557. The Morgan fingerprint density at radius 3 is 2.76 bits per heavy atom.